The maximum atomic E-state index is 12.3. The fourth-order valence-electron chi connectivity index (χ4n) is 3.59. The standard InChI is InChI=1S/C17H27N3OS/c1-19-7-9-20(10-8-19)16(15-6-11-22-13-15)12-18-17(21)14-4-2-3-5-14/h6,11,13-14,16H,2-5,7-10,12H2,1H3,(H,18,21)/t16-/m1/s1. The predicted molar refractivity (Wildman–Crippen MR) is 91.1 cm³/mol. The number of amides is 1. The lowest BCUT2D eigenvalue weighted by Crippen LogP contribution is -2.48. The molecule has 0 spiro atoms. The van der Waals surface area contributed by atoms with E-state index in [9.17, 15) is 4.79 Å². The Hall–Kier alpha value is -0.910. The Morgan fingerprint density at radius 1 is 1.32 bits per heavy atom. The van der Waals surface area contributed by atoms with Gasteiger partial charge in [-0.25, -0.2) is 0 Å². The molecule has 1 amide bonds. The van der Waals surface area contributed by atoms with Crippen LogP contribution in [-0.4, -0.2) is 55.5 Å². The molecule has 0 radical (unpaired) electrons. The second-order valence-corrected chi connectivity index (χ2v) is 7.42. The van der Waals surface area contributed by atoms with Gasteiger partial charge in [0.05, 0.1) is 6.04 Å². The summed E-state index contributed by atoms with van der Waals surface area (Å²) in [6.45, 7) is 5.12. The summed E-state index contributed by atoms with van der Waals surface area (Å²) in [7, 11) is 2.18. The summed E-state index contributed by atoms with van der Waals surface area (Å²) in [6, 6.07) is 2.53. The Labute approximate surface area is 137 Å². The predicted octanol–water partition coefficient (Wildman–Crippen LogP) is 2.34. The molecule has 1 aliphatic heterocycles. The summed E-state index contributed by atoms with van der Waals surface area (Å²) in [6.07, 6.45) is 4.57. The number of rotatable bonds is 5. The average molecular weight is 321 g/mol. The normalized spacial score (nSPS) is 22.8. The Balaban J connectivity index is 1.60. The first-order valence-electron chi connectivity index (χ1n) is 8.46. The summed E-state index contributed by atoms with van der Waals surface area (Å²) < 4.78 is 0. The third-order valence-electron chi connectivity index (χ3n) is 5.10. The number of thiophene rings is 1. The summed E-state index contributed by atoms with van der Waals surface area (Å²) in [5.74, 6) is 0.530. The van der Waals surface area contributed by atoms with Gasteiger partial charge in [-0.3, -0.25) is 9.69 Å². The van der Waals surface area contributed by atoms with Gasteiger partial charge in [0.15, 0.2) is 0 Å². The number of hydrogen-bond acceptors (Lipinski definition) is 4. The average Bonchev–Trinajstić information content (AvgIpc) is 3.22. The second-order valence-electron chi connectivity index (χ2n) is 6.64. The minimum absolute atomic E-state index is 0.260. The van der Waals surface area contributed by atoms with Crippen molar-refractivity contribution in [2.45, 2.75) is 31.7 Å². The summed E-state index contributed by atoms with van der Waals surface area (Å²) >= 11 is 1.74. The summed E-state index contributed by atoms with van der Waals surface area (Å²) in [5, 5.41) is 7.59. The van der Waals surface area contributed by atoms with Crippen molar-refractivity contribution >= 4 is 17.2 Å². The number of hydrogen-bond donors (Lipinski definition) is 1. The summed E-state index contributed by atoms with van der Waals surface area (Å²) in [5.41, 5.74) is 1.35. The largest absolute Gasteiger partial charge is 0.354 e. The minimum atomic E-state index is 0.260. The molecule has 4 nitrogen and oxygen atoms in total. The van der Waals surface area contributed by atoms with E-state index in [1.54, 1.807) is 11.3 Å². The van der Waals surface area contributed by atoms with Crippen molar-refractivity contribution in [2.75, 3.05) is 39.8 Å². The van der Waals surface area contributed by atoms with Gasteiger partial charge in [0, 0.05) is 38.6 Å². The Morgan fingerprint density at radius 2 is 2.05 bits per heavy atom. The second kappa shape index (κ2) is 7.57. The van der Waals surface area contributed by atoms with Crippen LogP contribution in [0, 0.1) is 5.92 Å². The van der Waals surface area contributed by atoms with Gasteiger partial charge in [-0.05, 0) is 42.3 Å². The topological polar surface area (TPSA) is 35.6 Å². The zero-order valence-electron chi connectivity index (χ0n) is 13.5. The molecule has 1 saturated carbocycles. The number of carbonyl (C=O) groups is 1. The number of carbonyl (C=O) groups excluding carboxylic acids is 1. The molecule has 0 bridgehead atoms. The van der Waals surface area contributed by atoms with Crippen LogP contribution in [0.5, 0.6) is 0 Å². The highest BCUT2D eigenvalue weighted by atomic mass is 32.1. The zero-order chi connectivity index (χ0) is 15.4. The van der Waals surface area contributed by atoms with Gasteiger partial charge in [0.1, 0.15) is 0 Å². The monoisotopic (exact) mass is 321 g/mol. The molecule has 1 aliphatic carbocycles. The third kappa shape index (κ3) is 3.89. The van der Waals surface area contributed by atoms with Crippen molar-refractivity contribution in [3.05, 3.63) is 22.4 Å². The van der Waals surface area contributed by atoms with E-state index in [0.717, 1.165) is 45.6 Å². The number of nitrogens with one attached hydrogen (secondary N) is 1. The molecule has 1 N–H and O–H groups in total. The maximum Gasteiger partial charge on any atom is 0.223 e. The highest BCUT2D eigenvalue weighted by Gasteiger charge is 2.27. The molecule has 22 heavy (non-hydrogen) atoms. The molecule has 5 heteroatoms. The molecular formula is C17H27N3OS. The molecular weight excluding hydrogens is 294 g/mol. The molecule has 0 aromatic carbocycles. The number of likely N-dealkylation sites (N-methyl/N-ethyl adjacent to an activating group) is 1. The van der Waals surface area contributed by atoms with Gasteiger partial charge in [0.25, 0.3) is 0 Å². The van der Waals surface area contributed by atoms with Crippen LogP contribution >= 0.6 is 11.3 Å². The van der Waals surface area contributed by atoms with Gasteiger partial charge in [-0.1, -0.05) is 12.8 Å². The fourth-order valence-corrected chi connectivity index (χ4v) is 4.29. The van der Waals surface area contributed by atoms with Crippen molar-refractivity contribution in [3.63, 3.8) is 0 Å². The number of piperazine rings is 1. The lowest BCUT2D eigenvalue weighted by Gasteiger charge is -2.38. The minimum Gasteiger partial charge on any atom is -0.354 e. The molecule has 3 rings (SSSR count). The van der Waals surface area contributed by atoms with Gasteiger partial charge in [-0.2, -0.15) is 11.3 Å². The van der Waals surface area contributed by atoms with Crippen LogP contribution < -0.4 is 5.32 Å². The van der Waals surface area contributed by atoms with E-state index in [1.165, 1.54) is 18.4 Å². The molecule has 1 atom stereocenters. The highest BCUT2D eigenvalue weighted by molar-refractivity contribution is 7.07. The Bertz CT molecular complexity index is 462. The molecule has 1 saturated heterocycles. The van der Waals surface area contributed by atoms with Crippen LogP contribution in [0.15, 0.2) is 16.8 Å². The van der Waals surface area contributed by atoms with Crippen molar-refractivity contribution in [2.24, 2.45) is 5.92 Å². The Kier molecular flexibility index (Phi) is 5.50. The van der Waals surface area contributed by atoms with Crippen molar-refractivity contribution in [1.29, 1.82) is 0 Å². The van der Waals surface area contributed by atoms with Crippen molar-refractivity contribution < 1.29 is 4.79 Å². The first kappa shape index (κ1) is 16.0. The van der Waals surface area contributed by atoms with Gasteiger partial charge >= 0.3 is 0 Å². The molecule has 2 aliphatic rings. The van der Waals surface area contributed by atoms with Gasteiger partial charge < -0.3 is 10.2 Å². The van der Waals surface area contributed by atoms with E-state index in [2.05, 4.69) is 39.0 Å². The van der Waals surface area contributed by atoms with Crippen LogP contribution in [0.1, 0.15) is 37.3 Å². The quantitative estimate of drug-likeness (QED) is 0.904. The van der Waals surface area contributed by atoms with E-state index in [0.29, 0.717) is 6.04 Å². The molecule has 1 aromatic heterocycles. The van der Waals surface area contributed by atoms with Gasteiger partial charge in [-0.15, -0.1) is 0 Å². The molecule has 1 aromatic rings. The zero-order valence-corrected chi connectivity index (χ0v) is 14.3. The number of nitrogens with zero attached hydrogens (tertiary/aromatic N) is 2. The first-order valence-corrected chi connectivity index (χ1v) is 9.40. The van der Waals surface area contributed by atoms with Gasteiger partial charge in [0.2, 0.25) is 5.91 Å². The van der Waals surface area contributed by atoms with Crippen LogP contribution in [0.4, 0.5) is 0 Å². The van der Waals surface area contributed by atoms with Crippen LogP contribution in [0.25, 0.3) is 0 Å². The molecule has 2 fully saturated rings. The van der Waals surface area contributed by atoms with Crippen molar-refractivity contribution in [3.8, 4) is 0 Å². The fraction of sp³-hybridized carbons (Fsp3) is 0.706. The SMILES string of the molecule is CN1CCN([C@H](CNC(=O)C2CCCC2)c2ccsc2)CC1. The van der Waals surface area contributed by atoms with Crippen LogP contribution in [0.2, 0.25) is 0 Å². The van der Waals surface area contributed by atoms with Crippen LogP contribution in [-0.2, 0) is 4.79 Å². The van der Waals surface area contributed by atoms with E-state index < -0.39 is 0 Å². The molecule has 0 unspecified atom stereocenters. The lowest BCUT2D eigenvalue weighted by molar-refractivity contribution is -0.125. The van der Waals surface area contributed by atoms with E-state index in [1.807, 2.05) is 0 Å². The maximum absolute atomic E-state index is 12.3. The highest BCUT2D eigenvalue weighted by Crippen LogP contribution is 2.26. The van der Waals surface area contributed by atoms with Crippen molar-refractivity contribution in [1.82, 2.24) is 15.1 Å². The van der Waals surface area contributed by atoms with E-state index in [4.69, 9.17) is 0 Å². The summed E-state index contributed by atoms with van der Waals surface area (Å²) in [4.78, 5) is 17.2. The van der Waals surface area contributed by atoms with E-state index >= 15 is 0 Å². The Morgan fingerprint density at radius 3 is 2.68 bits per heavy atom. The lowest BCUT2D eigenvalue weighted by atomic mass is 10.1. The molecule has 122 valence electrons. The first-order chi connectivity index (χ1) is 10.7. The third-order valence-corrected chi connectivity index (χ3v) is 5.80. The smallest absolute Gasteiger partial charge is 0.223 e. The molecule has 2 heterocycles. The van der Waals surface area contributed by atoms with E-state index in [-0.39, 0.29) is 11.8 Å². The van der Waals surface area contributed by atoms with Crippen LogP contribution in [0.3, 0.4) is 0 Å².